The van der Waals surface area contributed by atoms with Crippen molar-refractivity contribution in [3.8, 4) is 0 Å². The zero-order chi connectivity index (χ0) is 13.7. The van der Waals surface area contributed by atoms with E-state index in [2.05, 4.69) is 52.0 Å². The normalized spacial score (nSPS) is 17.8. The predicted molar refractivity (Wildman–Crippen MR) is 75.1 cm³/mol. The van der Waals surface area contributed by atoms with Gasteiger partial charge in [0, 0.05) is 5.92 Å². The van der Waals surface area contributed by atoms with Crippen molar-refractivity contribution in [3.05, 3.63) is 24.3 Å². The Hall–Kier alpha value is -1.05. The number of allylic oxidation sites excluding steroid dienone is 4. The van der Waals surface area contributed by atoms with E-state index in [0.29, 0.717) is 11.8 Å². The van der Waals surface area contributed by atoms with Gasteiger partial charge in [-0.1, -0.05) is 58.9 Å². The van der Waals surface area contributed by atoms with E-state index in [0.717, 1.165) is 6.42 Å². The first-order valence-electron chi connectivity index (χ1n) is 6.97. The van der Waals surface area contributed by atoms with Gasteiger partial charge in [0.05, 0.1) is 5.92 Å². The molecule has 0 aliphatic heterocycles. The third-order valence-corrected chi connectivity index (χ3v) is 3.50. The summed E-state index contributed by atoms with van der Waals surface area (Å²) in [4.78, 5) is 12.2. The zero-order valence-corrected chi connectivity index (χ0v) is 12.2. The molecule has 1 atom stereocenters. The van der Waals surface area contributed by atoms with Crippen LogP contribution in [0.15, 0.2) is 24.3 Å². The number of hydrogen-bond donors (Lipinski definition) is 0. The minimum absolute atomic E-state index is 0.0106. The average Bonchev–Trinajstić information content (AvgIpc) is 2.35. The van der Waals surface area contributed by atoms with Crippen LogP contribution in [0.25, 0.3) is 0 Å². The van der Waals surface area contributed by atoms with Crippen LogP contribution in [0.1, 0.15) is 41.0 Å². The van der Waals surface area contributed by atoms with Crippen LogP contribution in [0, 0.1) is 23.7 Å². The van der Waals surface area contributed by atoms with E-state index < -0.39 is 0 Å². The van der Waals surface area contributed by atoms with Crippen molar-refractivity contribution in [1.29, 1.82) is 0 Å². The summed E-state index contributed by atoms with van der Waals surface area (Å²) >= 11 is 0. The van der Waals surface area contributed by atoms with Gasteiger partial charge in [-0.2, -0.15) is 0 Å². The second-order valence-electron chi connectivity index (χ2n) is 5.85. The van der Waals surface area contributed by atoms with Crippen molar-refractivity contribution in [2.75, 3.05) is 0 Å². The first-order valence-corrected chi connectivity index (χ1v) is 6.97. The molecular weight excluding hydrogens is 224 g/mol. The predicted octanol–water partition coefficient (Wildman–Crippen LogP) is 3.98. The Kier molecular flexibility index (Phi) is 5.64. The highest BCUT2D eigenvalue weighted by atomic mass is 16.5. The molecule has 0 aromatic rings. The molecular formula is C16H26O2. The summed E-state index contributed by atoms with van der Waals surface area (Å²) in [6.07, 6.45) is 9.40. The van der Waals surface area contributed by atoms with E-state index in [1.807, 2.05) is 6.92 Å². The molecule has 0 spiro atoms. The Morgan fingerprint density at radius 2 is 1.56 bits per heavy atom. The topological polar surface area (TPSA) is 26.3 Å². The van der Waals surface area contributed by atoms with Crippen LogP contribution in [0.5, 0.6) is 0 Å². The van der Waals surface area contributed by atoms with Gasteiger partial charge >= 0.3 is 5.97 Å². The number of ether oxygens (including phenoxy) is 1. The van der Waals surface area contributed by atoms with Crippen molar-refractivity contribution >= 4 is 5.97 Å². The Bertz CT molecular complexity index is 306. The standard InChI is InChI=1S/C16H26O2/c1-11(2)15(12(3)4)18-16(17)13(5)14-9-7-6-8-10-14/h7-15H,6H2,1-5H3/t13-/m1/s1. The van der Waals surface area contributed by atoms with Crippen LogP contribution in [-0.2, 0) is 9.53 Å². The maximum atomic E-state index is 12.2. The molecule has 0 fully saturated rings. The molecule has 2 nitrogen and oxygen atoms in total. The van der Waals surface area contributed by atoms with Crippen LogP contribution >= 0.6 is 0 Å². The van der Waals surface area contributed by atoms with Gasteiger partial charge in [-0.3, -0.25) is 4.79 Å². The lowest BCUT2D eigenvalue weighted by atomic mass is 9.90. The smallest absolute Gasteiger partial charge is 0.309 e. The van der Waals surface area contributed by atoms with Crippen LogP contribution in [-0.4, -0.2) is 12.1 Å². The second-order valence-corrected chi connectivity index (χ2v) is 5.85. The molecule has 0 radical (unpaired) electrons. The fourth-order valence-corrected chi connectivity index (χ4v) is 2.39. The van der Waals surface area contributed by atoms with Crippen LogP contribution < -0.4 is 0 Å². The molecule has 0 saturated heterocycles. The maximum absolute atomic E-state index is 12.2. The molecule has 18 heavy (non-hydrogen) atoms. The van der Waals surface area contributed by atoms with E-state index in [-0.39, 0.29) is 23.9 Å². The summed E-state index contributed by atoms with van der Waals surface area (Å²) in [5.41, 5.74) is 0. The Labute approximate surface area is 111 Å². The Morgan fingerprint density at radius 1 is 1.06 bits per heavy atom. The summed E-state index contributed by atoms with van der Waals surface area (Å²) in [6, 6.07) is 0. The van der Waals surface area contributed by atoms with Crippen LogP contribution in [0.2, 0.25) is 0 Å². The fraction of sp³-hybridized carbons (Fsp3) is 0.688. The first-order chi connectivity index (χ1) is 8.43. The molecule has 0 unspecified atom stereocenters. The first kappa shape index (κ1) is 15.0. The molecule has 0 saturated carbocycles. The van der Waals surface area contributed by atoms with Gasteiger partial charge in [0.1, 0.15) is 6.10 Å². The summed E-state index contributed by atoms with van der Waals surface area (Å²) in [6.45, 7) is 10.4. The van der Waals surface area contributed by atoms with Crippen molar-refractivity contribution in [1.82, 2.24) is 0 Å². The highest BCUT2D eigenvalue weighted by molar-refractivity contribution is 5.73. The summed E-state index contributed by atoms with van der Waals surface area (Å²) < 4.78 is 5.68. The average molecular weight is 250 g/mol. The Balaban J connectivity index is 2.60. The van der Waals surface area contributed by atoms with Crippen LogP contribution in [0.4, 0.5) is 0 Å². The lowest BCUT2D eigenvalue weighted by Gasteiger charge is -2.28. The van der Waals surface area contributed by atoms with Gasteiger partial charge in [-0.25, -0.2) is 0 Å². The van der Waals surface area contributed by atoms with Gasteiger partial charge in [-0.15, -0.1) is 0 Å². The molecule has 0 heterocycles. The van der Waals surface area contributed by atoms with Crippen molar-refractivity contribution < 1.29 is 9.53 Å². The summed E-state index contributed by atoms with van der Waals surface area (Å²) in [7, 11) is 0. The summed E-state index contributed by atoms with van der Waals surface area (Å²) in [5, 5.41) is 0. The lowest BCUT2D eigenvalue weighted by molar-refractivity contribution is -0.159. The molecule has 2 heteroatoms. The van der Waals surface area contributed by atoms with Crippen molar-refractivity contribution in [3.63, 3.8) is 0 Å². The zero-order valence-electron chi connectivity index (χ0n) is 12.2. The van der Waals surface area contributed by atoms with Crippen molar-refractivity contribution in [2.24, 2.45) is 23.7 Å². The maximum Gasteiger partial charge on any atom is 0.309 e. The molecule has 0 aromatic heterocycles. The van der Waals surface area contributed by atoms with Gasteiger partial charge in [0.25, 0.3) is 0 Å². The molecule has 0 bridgehead atoms. The minimum Gasteiger partial charge on any atom is -0.462 e. The number of carbonyl (C=O) groups excluding carboxylic acids is 1. The SMILES string of the molecule is CC(C)C(OC(=O)[C@H](C)C1C=CCC=C1)C(C)C. The van der Waals surface area contributed by atoms with Gasteiger partial charge in [0.15, 0.2) is 0 Å². The second kappa shape index (κ2) is 6.77. The van der Waals surface area contributed by atoms with Gasteiger partial charge < -0.3 is 4.74 Å². The van der Waals surface area contributed by atoms with Crippen LogP contribution in [0.3, 0.4) is 0 Å². The highest BCUT2D eigenvalue weighted by Gasteiger charge is 2.27. The molecule has 0 amide bonds. The third kappa shape index (κ3) is 4.01. The van der Waals surface area contributed by atoms with Crippen molar-refractivity contribution in [2.45, 2.75) is 47.1 Å². The minimum atomic E-state index is -0.0993. The highest BCUT2D eigenvalue weighted by Crippen LogP contribution is 2.23. The molecule has 1 aliphatic rings. The quantitative estimate of drug-likeness (QED) is 0.545. The van der Waals surface area contributed by atoms with E-state index in [4.69, 9.17) is 4.74 Å². The Morgan fingerprint density at radius 3 is 2.00 bits per heavy atom. The number of carbonyl (C=O) groups is 1. The number of rotatable bonds is 5. The van der Waals surface area contributed by atoms with E-state index in [1.54, 1.807) is 0 Å². The molecule has 0 N–H and O–H groups in total. The molecule has 1 rings (SSSR count). The monoisotopic (exact) mass is 250 g/mol. The number of hydrogen-bond acceptors (Lipinski definition) is 2. The van der Waals surface area contributed by atoms with Gasteiger partial charge in [0.2, 0.25) is 0 Å². The number of esters is 1. The fourth-order valence-electron chi connectivity index (χ4n) is 2.39. The lowest BCUT2D eigenvalue weighted by Crippen LogP contribution is -2.32. The third-order valence-electron chi connectivity index (χ3n) is 3.50. The molecule has 102 valence electrons. The van der Waals surface area contributed by atoms with E-state index in [9.17, 15) is 4.79 Å². The molecule has 0 aromatic carbocycles. The summed E-state index contributed by atoms with van der Waals surface area (Å²) in [5.74, 6) is 0.727. The molecule has 1 aliphatic carbocycles. The largest absolute Gasteiger partial charge is 0.462 e. The van der Waals surface area contributed by atoms with E-state index in [1.165, 1.54) is 0 Å². The van der Waals surface area contributed by atoms with E-state index >= 15 is 0 Å². The van der Waals surface area contributed by atoms with Gasteiger partial charge in [-0.05, 0) is 18.3 Å².